The summed E-state index contributed by atoms with van der Waals surface area (Å²) in [6.07, 6.45) is 1.63. The highest BCUT2D eigenvalue weighted by Gasteiger charge is 2.16. The standard InChI is InChI=1S/C9H7BBrNO2/c11-8-4-3-7(10(13)14)9-6(8)2-1-5-12-9/h1-5,13-14H. The van der Waals surface area contributed by atoms with Crippen molar-refractivity contribution >= 4 is 39.4 Å². The van der Waals surface area contributed by atoms with Crippen LogP contribution in [-0.2, 0) is 0 Å². The molecule has 0 aliphatic carbocycles. The molecule has 0 unspecified atom stereocenters. The van der Waals surface area contributed by atoms with E-state index in [4.69, 9.17) is 10.0 Å². The van der Waals surface area contributed by atoms with Crippen molar-refractivity contribution in [3.05, 3.63) is 34.9 Å². The van der Waals surface area contributed by atoms with Crippen molar-refractivity contribution in [2.45, 2.75) is 0 Å². The van der Waals surface area contributed by atoms with Gasteiger partial charge in [0.05, 0.1) is 5.52 Å². The van der Waals surface area contributed by atoms with Crippen LogP contribution in [-0.4, -0.2) is 22.2 Å². The quantitative estimate of drug-likeness (QED) is 0.733. The number of hydrogen-bond donors (Lipinski definition) is 2. The first-order valence-electron chi connectivity index (χ1n) is 4.09. The van der Waals surface area contributed by atoms with Crippen molar-refractivity contribution in [3.8, 4) is 0 Å². The van der Waals surface area contributed by atoms with Gasteiger partial charge >= 0.3 is 7.12 Å². The predicted molar refractivity (Wildman–Crippen MR) is 59.3 cm³/mol. The molecule has 0 spiro atoms. The Kier molecular flexibility index (Phi) is 2.54. The van der Waals surface area contributed by atoms with Crippen LogP contribution in [0.15, 0.2) is 34.9 Å². The number of aromatic nitrogens is 1. The number of halogens is 1. The molecule has 0 saturated heterocycles. The average molecular weight is 252 g/mol. The third-order valence-electron chi connectivity index (χ3n) is 2.03. The van der Waals surface area contributed by atoms with Crippen molar-refractivity contribution in [1.29, 1.82) is 0 Å². The van der Waals surface area contributed by atoms with Gasteiger partial charge in [0.2, 0.25) is 0 Å². The Morgan fingerprint density at radius 3 is 2.71 bits per heavy atom. The average Bonchev–Trinajstić information content (AvgIpc) is 2.18. The third kappa shape index (κ3) is 1.54. The summed E-state index contributed by atoms with van der Waals surface area (Å²) < 4.78 is 0.894. The summed E-state index contributed by atoms with van der Waals surface area (Å²) >= 11 is 3.38. The fraction of sp³-hybridized carbons (Fsp3) is 0. The molecule has 5 heteroatoms. The van der Waals surface area contributed by atoms with Gasteiger partial charge in [-0.25, -0.2) is 0 Å². The first kappa shape index (κ1) is 9.64. The van der Waals surface area contributed by atoms with Crippen LogP contribution >= 0.6 is 15.9 Å². The molecule has 1 aromatic heterocycles. The van der Waals surface area contributed by atoms with E-state index in [9.17, 15) is 0 Å². The maximum Gasteiger partial charge on any atom is 0.490 e. The van der Waals surface area contributed by atoms with Gasteiger partial charge in [0, 0.05) is 21.5 Å². The zero-order valence-electron chi connectivity index (χ0n) is 7.18. The van der Waals surface area contributed by atoms with E-state index in [2.05, 4.69) is 20.9 Å². The van der Waals surface area contributed by atoms with Crippen molar-refractivity contribution in [3.63, 3.8) is 0 Å². The number of benzene rings is 1. The largest absolute Gasteiger partial charge is 0.490 e. The van der Waals surface area contributed by atoms with E-state index in [1.807, 2.05) is 6.07 Å². The lowest BCUT2D eigenvalue weighted by atomic mass is 9.79. The molecule has 70 valence electrons. The van der Waals surface area contributed by atoms with Crippen LogP contribution in [0, 0.1) is 0 Å². The summed E-state index contributed by atoms with van der Waals surface area (Å²) in [5.74, 6) is 0. The van der Waals surface area contributed by atoms with Gasteiger partial charge < -0.3 is 10.0 Å². The van der Waals surface area contributed by atoms with E-state index in [1.165, 1.54) is 0 Å². The summed E-state index contributed by atoms with van der Waals surface area (Å²) in [6.45, 7) is 0. The summed E-state index contributed by atoms with van der Waals surface area (Å²) in [5.41, 5.74) is 1.03. The maximum absolute atomic E-state index is 9.11. The molecule has 0 amide bonds. The van der Waals surface area contributed by atoms with Gasteiger partial charge in [-0.1, -0.05) is 28.1 Å². The molecule has 0 radical (unpaired) electrons. The Balaban J connectivity index is 2.82. The first-order chi connectivity index (χ1) is 6.70. The lowest BCUT2D eigenvalue weighted by molar-refractivity contribution is 0.426. The number of pyridine rings is 1. The van der Waals surface area contributed by atoms with Gasteiger partial charge in [-0.05, 0) is 12.1 Å². The molecule has 2 rings (SSSR count). The molecule has 0 bridgehead atoms. The normalized spacial score (nSPS) is 10.5. The van der Waals surface area contributed by atoms with E-state index in [-0.39, 0.29) is 0 Å². The highest BCUT2D eigenvalue weighted by molar-refractivity contribution is 9.10. The van der Waals surface area contributed by atoms with Crippen LogP contribution in [0.4, 0.5) is 0 Å². The minimum Gasteiger partial charge on any atom is -0.423 e. The van der Waals surface area contributed by atoms with E-state index in [0.29, 0.717) is 11.0 Å². The van der Waals surface area contributed by atoms with Gasteiger partial charge in [0.1, 0.15) is 0 Å². The molecule has 3 nitrogen and oxygen atoms in total. The topological polar surface area (TPSA) is 53.4 Å². The van der Waals surface area contributed by atoms with E-state index < -0.39 is 7.12 Å². The number of fused-ring (bicyclic) bond motifs is 1. The van der Waals surface area contributed by atoms with Crippen LogP contribution in [0.3, 0.4) is 0 Å². The summed E-state index contributed by atoms with van der Waals surface area (Å²) in [4.78, 5) is 4.11. The van der Waals surface area contributed by atoms with Gasteiger partial charge in [0.25, 0.3) is 0 Å². The summed E-state index contributed by atoms with van der Waals surface area (Å²) in [5, 5.41) is 19.1. The van der Waals surface area contributed by atoms with Crippen molar-refractivity contribution < 1.29 is 10.0 Å². The molecule has 0 saturated carbocycles. The van der Waals surface area contributed by atoms with Crippen LogP contribution in [0.25, 0.3) is 10.9 Å². The summed E-state index contributed by atoms with van der Waals surface area (Å²) in [7, 11) is -1.49. The highest BCUT2D eigenvalue weighted by atomic mass is 79.9. The Morgan fingerprint density at radius 2 is 2.00 bits per heavy atom. The Labute approximate surface area is 89.7 Å². The second kappa shape index (κ2) is 3.69. The monoisotopic (exact) mass is 251 g/mol. The van der Waals surface area contributed by atoms with Crippen LogP contribution in [0.5, 0.6) is 0 Å². The highest BCUT2D eigenvalue weighted by Crippen LogP contribution is 2.20. The van der Waals surface area contributed by atoms with Crippen molar-refractivity contribution in [1.82, 2.24) is 4.98 Å². The lowest BCUT2D eigenvalue weighted by Crippen LogP contribution is -2.30. The van der Waals surface area contributed by atoms with Crippen molar-refractivity contribution in [2.24, 2.45) is 0 Å². The van der Waals surface area contributed by atoms with Gasteiger partial charge in [-0.2, -0.15) is 0 Å². The number of rotatable bonds is 1. The minimum absolute atomic E-state index is 0.420. The third-order valence-corrected chi connectivity index (χ3v) is 2.72. The number of nitrogens with zero attached hydrogens (tertiary/aromatic N) is 1. The fourth-order valence-corrected chi connectivity index (χ4v) is 1.82. The zero-order valence-corrected chi connectivity index (χ0v) is 8.77. The molecule has 1 heterocycles. The molecule has 14 heavy (non-hydrogen) atoms. The molecule has 1 aromatic carbocycles. The van der Waals surface area contributed by atoms with E-state index in [0.717, 1.165) is 9.86 Å². The smallest absolute Gasteiger partial charge is 0.423 e. The van der Waals surface area contributed by atoms with Crippen LogP contribution < -0.4 is 5.46 Å². The van der Waals surface area contributed by atoms with Gasteiger partial charge in [-0.3, -0.25) is 4.98 Å². The molecule has 2 aromatic rings. The second-order valence-electron chi connectivity index (χ2n) is 2.91. The lowest BCUT2D eigenvalue weighted by Gasteiger charge is -2.05. The van der Waals surface area contributed by atoms with Gasteiger partial charge in [0.15, 0.2) is 0 Å². The zero-order chi connectivity index (χ0) is 10.1. The molecule has 0 fully saturated rings. The molecular formula is C9H7BBrNO2. The van der Waals surface area contributed by atoms with E-state index >= 15 is 0 Å². The maximum atomic E-state index is 9.11. The van der Waals surface area contributed by atoms with Gasteiger partial charge in [-0.15, -0.1) is 0 Å². The Hall–Kier alpha value is -0.905. The Morgan fingerprint density at radius 1 is 1.21 bits per heavy atom. The molecule has 0 atom stereocenters. The molecule has 0 aliphatic heterocycles. The van der Waals surface area contributed by atoms with Crippen LogP contribution in [0.1, 0.15) is 0 Å². The van der Waals surface area contributed by atoms with E-state index in [1.54, 1.807) is 24.4 Å². The number of hydrogen-bond acceptors (Lipinski definition) is 3. The molecular weight excluding hydrogens is 245 g/mol. The predicted octanol–water partition coefficient (Wildman–Crippen LogP) is 0.677. The summed E-state index contributed by atoms with van der Waals surface area (Å²) in [6, 6.07) is 7.10. The van der Waals surface area contributed by atoms with Crippen LogP contribution in [0.2, 0.25) is 0 Å². The Bertz CT molecular complexity index is 475. The van der Waals surface area contributed by atoms with Crippen molar-refractivity contribution in [2.75, 3.05) is 0 Å². The fourth-order valence-electron chi connectivity index (χ4n) is 1.37. The molecule has 2 N–H and O–H groups in total. The minimum atomic E-state index is -1.49. The molecule has 0 aliphatic rings. The first-order valence-corrected chi connectivity index (χ1v) is 4.88. The second-order valence-corrected chi connectivity index (χ2v) is 3.76. The SMILES string of the molecule is OB(O)c1ccc(Br)c2cccnc12.